The first-order valence-corrected chi connectivity index (χ1v) is 10.1. The first-order valence-electron chi connectivity index (χ1n) is 10.1. The van der Waals surface area contributed by atoms with E-state index < -0.39 is 11.6 Å². The Morgan fingerprint density at radius 1 is 0.867 bits per heavy atom. The lowest BCUT2D eigenvalue weighted by Gasteiger charge is -2.29. The number of hydrogen-bond acceptors (Lipinski definition) is 4. The second kappa shape index (κ2) is 10.1. The summed E-state index contributed by atoms with van der Waals surface area (Å²) in [5.74, 6) is 4.62. The Morgan fingerprint density at radius 3 is 1.93 bits per heavy atom. The van der Waals surface area contributed by atoms with Crippen molar-refractivity contribution in [2.24, 2.45) is 5.84 Å². The summed E-state index contributed by atoms with van der Waals surface area (Å²) in [4.78, 5) is 2.32. The zero-order valence-electron chi connectivity index (χ0n) is 17.2. The fourth-order valence-corrected chi connectivity index (χ4v) is 3.46. The van der Waals surface area contributed by atoms with Crippen LogP contribution in [0, 0.1) is 18.6 Å². The number of benzene rings is 3. The third kappa shape index (κ3) is 5.07. The molecule has 0 amide bonds. The van der Waals surface area contributed by atoms with E-state index in [0.29, 0.717) is 5.69 Å². The highest BCUT2D eigenvalue weighted by Gasteiger charge is 2.19. The van der Waals surface area contributed by atoms with Crippen molar-refractivity contribution in [3.05, 3.63) is 83.9 Å². The molecular weight excluding hydrogens is 382 g/mol. The maximum absolute atomic E-state index is 14.4. The van der Waals surface area contributed by atoms with Crippen molar-refractivity contribution in [2.75, 3.05) is 28.7 Å². The highest BCUT2D eigenvalue weighted by atomic mass is 19.1. The fourth-order valence-electron chi connectivity index (χ4n) is 3.46. The molecule has 1 aliphatic rings. The Hall–Kier alpha value is -3.12. The van der Waals surface area contributed by atoms with Crippen LogP contribution in [0.25, 0.3) is 0 Å². The second-order valence-corrected chi connectivity index (χ2v) is 7.32. The zero-order chi connectivity index (χ0) is 21.5. The first-order chi connectivity index (χ1) is 14.5. The monoisotopic (exact) mass is 410 g/mol. The van der Waals surface area contributed by atoms with E-state index in [2.05, 4.69) is 4.90 Å². The highest BCUT2D eigenvalue weighted by molar-refractivity contribution is 5.76. The van der Waals surface area contributed by atoms with E-state index in [1.54, 1.807) is 0 Å². The summed E-state index contributed by atoms with van der Waals surface area (Å²) in [5, 5.41) is 1.16. The van der Waals surface area contributed by atoms with Crippen molar-refractivity contribution < 1.29 is 8.78 Å². The maximum Gasteiger partial charge on any atom is 0.156 e. The summed E-state index contributed by atoms with van der Waals surface area (Å²) in [6, 6.07) is 20.7. The summed E-state index contributed by atoms with van der Waals surface area (Å²) >= 11 is 0. The Balaban J connectivity index is 0.000000367. The van der Waals surface area contributed by atoms with Gasteiger partial charge in [-0.05, 0) is 56.5 Å². The molecule has 0 radical (unpaired) electrons. The molecular formula is C24H28F2N4. The van der Waals surface area contributed by atoms with E-state index in [1.807, 2.05) is 60.7 Å². The Labute approximate surface area is 176 Å². The van der Waals surface area contributed by atoms with Crippen LogP contribution in [-0.2, 0) is 0 Å². The Kier molecular flexibility index (Phi) is 7.25. The van der Waals surface area contributed by atoms with E-state index in [-0.39, 0.29) is 16.9 Å². The molecule has 1 aliphatic heterocycles. The Morgan fingerprint density at radius 2 is 1.40 bits per heavy atom. The van der Waals surface area contributed by atoms with Gasteiger partial charge in [-0.3, -0.25) is 5.01 Å². The lowest BCUT2D eigenvalue weighted by molar-refractivity contribution is 0.569. The van der Waals surface area contributed by atoms with Crippen molar-refractivity contribution >= 4 is 22.7 Å². The van der Waals surface area contributed by atoms with Gasteiger partial charge in [0.05, 0.1) is 11.4 Å². The minimum Gasteiger partial charge on any atom is -0.397 e. The second-order valence-electron chi connectivity index (χ2n) is 7.32. The van der Waals surface area contributed by atoms with E-state index in [0.717, 1.165) is 29.9 Å². The lowest BCUT2D eigenvalue weighted by atomic mass is 10.1. The number of nitrogens with zero attached hydrogens (tertiary/aromatic N) is 2. The molecule has 158 valence electrons. The molecule has 0 bridgehead atoms. The number of nitrogens with two attached hydrogens (primary N) is 2. The van der Waals surface area contributed by atoms with Gasteiger partial charge < -0.3 is 10.6 Å². The average Bonchev–Trinajstić information content (AvgIpc) is 2.80. The van der Waals surface area contributed by atoms with Gasteiger partial charge in [-0.25, -0.2) is 14.6 Å². The minimum absolute atomic E-state index is 0.0142. The topological polar surface area (TPSA) is 58.5 Å². The van der Waals surface area contributed by atoms with E-state index in [9.17, 15) is 8.78 Å². The molecule has 6 heteroatoms. The van der Waals surface area contributed by atoms with Crippen LogP contribution < -0.4 is 21.5 Å². The largest absolute Gasteiger partial charge is 0.397 e. The number of hydrazine groups is 1. The minimum atomic E-state index is -0.741. The third-order valence-corrected chi connectivity index (χ3v) is 5.21. The van der Waals surface area contributed by atoms with Crippen LogP contribution in [0.3, 0.4) is 0 Å². The van der Waals surface area contributed by atoms with Crippen LogP contribution in [0.15, 0.2) is 66.7 Å². The van der Waals surface area contributed by atoms with E-state index >= 15 is 0 Å². The number of anilines is 4. The number of hydrogen-bond donors (Lipinski definition) is 2. The van der Waals surface area contributed by atoms with Crippen molar-refractivity contribution in [3.63, 3.8) is 0 Å². The van der Waals surface area contributed by atoms with Gasteiger partial charge in [0, 0.05) is 24.3 Å². The van der Waals surface area contributed by atoms with Gasteiger partial charge in [0.25, 0.3) is 0 Å². The summed E-state index contributed by atoms with van der Waals surface area (Å²) in [5.41, 5.74) is 7.34. The molecule has 0 atom stereocenters. The fraction of sp³-hybridized carbons (Fsp3) is 0.250. The predicted octanol–water partition coefficient (Wildman–Crippen LogP) is 5.54. The molecule has 0 spiro atoms. The van der Waals surface area contributed by atoms with Gasteiger partial charge in [-0.15, -0.1) is 0 Å². The average molecular weight is 411 g/mol. The molecule has 1 fully saturated rings. The van der Waals surface area contributed by atoms with Crippen molar-refractivity contribution in [1.29, 1.82) is 0 Å². The van der Waals surface area contributed by atoms with Gasteiger partial charge in [0.15, 0.2) is 5.82 Å². The van der Waals surface area contributed by atoms with Crippen LogP contribution in [0.1, 0.15) is 24.8 Å². The summed E-state index contributed by atoms with van der Waals surface area (Å²) < 4.78 is 27.9. The van der Waals surface area contributed by atoms with E-state index in [4.69, 9.17) is 11.6 Å². The molecule has 1 heterocycles. The van der Waals surface area contributed by atoms with Gasteiger partial charge in [0.2, 0.25) is 0 Å². The van der Waals surface area contributed by atoms with Crippen LogP contribution >= 0.6 is 0 Å². The molecule has 1 saturated heterocycles. The highest BCUT2D eigenvalue weighted by Crippen LogP contribution is 2.34. The summed E-state index contributed by atoms with van der Waals surface area (Å²) in [7, 11) is 0. The molecule has 3 aromatic rings. The molecule has 30 heavy (non-hydrogen) atoms. The predicted molar refractivity (Wildman–Crippen MR) is 121 cm³/mol. The van der Waals surface area contributed by atoms with Gasteiger partial charge in [0.1, 0.15) is 11.5 Å². The number of nitrogen functional groups attached to an aromatic ring is 1. The number of piperidine rings is 1. The summed E-state index contributed by atoms with van der Waals surface area (Å²) in [6.07, 6.45) is 3.66. The van der Waals surface area contributed by atoms with Crippen LogP contribution in [0.2, 0.25) is 0 Å². The van der Waals surface area contributed by atoms with Gasteiger partial charge >= 0.3 is 0 Å². The van der Waals surface area contributed by atoms with Crippen LogP contribution in [-0.4, -0.2) is 13.1 Å². The van der Waals surface area contributed by atoms with Gasteiger partial charge in [-0.2, -0.15) is 0 Å². The molecule has 0 unspecified atom stereocenters. The number of rotatable bonds is 3. The number of halogens is 2. The molecule has 4 rings (SSSR count). The SMILES string of the molecule is Cc1c(F)cc(N)c(N(N)c2ccc(N3CCCCC3)cc2)c1F.c1ccccc1. The van der Waals surface area contributed by atoms with Crippen LogP contribution in [0.5, 0.6) is 0 Å². The molecule has 4 N–H and O–H groups in total. The summed E-state index contributed by atoms with van der Waals surface area (Å²) in [6.45, 7) is 3.45. The first kappa shape index (κ1) is 21.6. The lowest BCUT2D eigenvalue weighted by Crippen LogP contribution is -2.30. The third-order valence-electron chi connectivity index (χ3n) is 5.21. The van der Waals surface area contributed by atoms with Crippen molar-refractivity contribution in [3.8, 4) is 0 Å². The molecule has 0 aliphatic carbocycles. The molecule has 3 aromatic carbocycles. The van der Waals surface area contributed by atoms with Crippen LogP contribution in [0.4, 0.5) is 31.5 Å². The quantitative estimate of drug-likeness (QED) is 0.338. The van der Waals surface area contributed by atoms with Crippen molar-refractivity contribution in [2.45, 2.75) is 26.2 Å². The molecule has 4 nitrogen and oxygen atoms in total. The normalized spacial score (nSPS) is 13.4. The van der Waals surface area contributed by atoms with Crippen molar-refractivity contribution in [1.82, 2.24) is 0 Å². The van der Waals surface area contributed by atoms with E-state index in [1.165, 1.54) is 26.2 Å². The van der Waals surface area contributed by atoms with Gasteiger partial charge in [-0.1, -0.05) is 36.4 Å². The smallest absolute Gasteiger partial charge is 0.156 e. The maximum atomic E-state index is 14.4. The molecule has 0 aromatic heterocycles. The molecule has 0 saturated carbocycles. The standard InChI is InChI=1S/C18H22F2N4.C6H6/c1-12-15(19)11-16(21)18(17(12)20)24(22)14-7-5-13(6-8-14)23-9-3-2-4-10-23;1-2-4-6-5-3-1/h5-8,11H,2-4,9-10,21-22H2,1H3;1-6H. The zero-order valence-corrected chi connectivity index (χ0v) is 17.2. The Bertz CT molecular complexity index is 913.